The molecule has 3 fully saturated rings. The molecular weight excluding hydrogens is 414 g/mol. The van der Waals surface area contributed by atoms with Gasteiger partial charge < -0.3 is 20.1 Å². The first-order valence-electron chi connectivity index (χ1n) is 11.5. The van der Waals surface area contributed by atoms with Crippen molar-refractivity contribution in [1.29, 1.82) is 0 Å². The van der Waals surface area contributed by atoms with Crippen molar-refractivity contribution < 1.29 is 28.7 Å². The lowest BCUT2D eigenvalue weighted by Gasteiger charge is -2.31. The lowest BCUT2D eigenvalue weighted by atomic mass is 9.90. The van der Waals surface area contributed by atoms with Gasteiger partial charge in [0.25, 0.3) is 0 Å². The fraction of sp³-hybridized carbons (Fsp3) is 0.826. The Bertz CT molecular complexity index is 774. The van der Waals surface area contributed by atoms with Crippen LogP contribution in [0, 0.1) is 17.8 Å². The Balaban J connectivity index is 1.76. The molecular formula is C23H37N3O6. The number of carbonyl (C=O) groups excluding carboxylic acids is 4. The Morgan fingerprint density at radius 1 is 1.25 bits per heavy atom. The minimum atomic E-state index is -0.960. The maximum atomic E-state index is 13.4. The van der Waals surface area contributed by atoms with Crippen molar-refractivity contribution in [3.05, 3.63) is 0 Å². The Hall–Kier alpha value is -2.32. The third kappa shape index (κ3) is 5.35. The van der Waals surface area contributed by atoms with Crippen molar-refractivity contribution in [2.75, 3.05) is 13.7 Å². The highest BCUT2D eigenvalue weighted by Crippen LogP contribution is 2.43. The van der Waals surface area contributed by atoms with E-state index in [-0.39, 0.29) is 29.7 Å². The van der Waals surface area contributed by atoms with Crippen molar-refractivity contribution in [2.45, 2.75) is 89.9 Å². The minimum absolute atomic E-state index is 0.0366. The van der Waals surface area contributed by atoms with E-state index in [0.717, 1.165) is 19.3 Å². The monoisotopic (exact) mass is 451 g/mol. The molecule has 9 nitrogen and oxygen atoms in total. The predicted octanol–water partition coefficient (Wildman–Crippen LogP) is 1.98. The van der Waals surface area contributed by atoms with Gasteiger partial charge in [-0.2, -0.15) is 0 Å². The Morgan fingerprint density at radius 3 is 2.50 bits per heavy atom. The first-order valence-corrected chi connectivity index (χ1v) is 11.5. The van der Waals surface area contributed by atoms with E-state index in [0.29, 0.717) is 13.0 Å². The molecule has 0 radical (unpaired) electrons. The average Bonchev–Trinajstić information content (AvgIpc) is 3.31. The zero-order valence-corrected chi connectivity index (χ0v) is 20.0. The molecule has 3 rings (SSSR count). The number of hydrogen-bond donors (Lipinski definition) is 2. The highest BCUT2D eigenvalue weighted by molar-refractivity contribution is 5.91. The molecule has 2 aliphatic heterocycles. The summed E-state index contributed by atoms with van der Waals surface area (Å²) in [5.41, 5.74) is -1.03. The van der Waals surface area contributed by atoms with E-state index >= 15 is 0 Å². The van der Waals surface area contributed by atoms with E-state index in [1.807, 2.05) is 13.8 Å². The molecule has 180 valence electrons. The summed E-state index contributed by atoms with van der Waals surface area (Å²) >= 11 is 0. The summed E-state index contributed by atoms with van der Waals surface area (Å²) in [6, 6.07) is -1.66. The van der Waals surface area contributed by atoms with Crippen LogP contribution in [0.3, 0.4) is 0 Å². The second-order valence-electron chi connectivity index (χ2n) is 11.0. The molecule has 9 heteroatoms. The van der Waals surface area contributed by atoms with Gasteiger partial charge in [-0.15, -0.1) is 0 Å². The lowest BCUT2D eigenvalue weighted by molar-refractivity contribution is -0.146. The molecule has 1 aliphatic carbocycles. The predicted molar refractivity (Wildman–Crippen MR) is 116 cm³/mol. The van der Waals surface area contributed by atoms with Crippen molar-refractivity contribution >= 4 is 23.9 Å². The quantitative estimate of drug-likeness (QED) is 0.618. The van der Waals surface area contributed by atoms with E-state index in [2.05, 4.69) is 10.6 Å². The van der Waals surface area contributed by atoms with E-state index in [4.69, 9.17) is 9.47 Å². The number of amides is 3. The molecule has 1 saturated carbocycles. The number of likely N-dealkylation sites (tertiary alicyclic amines) is 1. The van der Waals surface area contributed by atoms with Gasteiger partial charge in [0.2, 0.25) is 11.8 Å². The third-order valence-electron chi connectivity index (χ3n) is 6.70. The molecule has 3 amide bonds. The van der Waals surface area contributed by atoms with Gasteiger partial charge >= 0.3 is 12.1 Å². The third-order valence-corrected chi connectivity index (χ3v) is 6.70. The molecule has 3 aliphatic rings. The number of hydrogen-bond acceptors (Lipinski definition) is 6. The smallest absolute Gasteiger partial charge is 0.410 e. The topological polar surface area (TPSA) is 114 Å². The molecule has 0 aromatic rings. The van der Waals surface area contributed by atoms with Crippen LogP contribution in [0.1, 0.15) is 66.7 Å². The standard InChI is InChI=1S/C23H37N3O6/c1-22(2,3)32-21(30)26-12-13-8-7-9-15(13)17(26)19(28)24-16(20(29)31-6)10-14-11-23(4,5)25-18(14)27/h13-17H,7-12H2,1-6H3,(H,24,28)(H,25,27)/t13?,14-,15?,16+,17?/m1/s1. The van der Waals surface area contributed by atoms with E-state index in [1.54, 1.807) is 20.8 Å². The largest absolute Gasteiger partial charge is 0.467 e. The van der Waals surface area contributed by atoms with Crippen LogP contribution >= 0.6 is 0 Å². The minimum Gasteiger partial charge on any atom is -0.467 e. The summed E-state index contributed by atoms with van der Waals surface area (Å²) in [6.45, 7) is 9.69. The van der Waals surface area contributed by atoms with Crippen LogP contribution in [0.15, 0.2) is 0 Å². The maximum Gasteiger partial charge on any atom is 0.410 e. The normalized spacial score (nSPS) is 29.8. The SMILES string of the molecule is COC(=O)[C@H](C[C@@H]1CC(C)(C)NC1=O)NC(=O)C1C2CCCC2CN1C(=O)OC(C)(C)C. The van der Waals surface area contributed by atoms with Gasteiger partial charge in [-0.05, 0) is 72.1 Å². The number of nitrogens with one attached hydrogen (secondary N) is 2. The Kier molecular flexibility index (Phi) is 6.77. The molecule has 2 N–H and O–H groups in total. The van der Waals surface area contributed by atoms with Gasteiger partial charge in [-0.1, -0.05) is 6.42 Å². The fourth-order valence-corrected chi connectivity index (χ4v) is 5.43. The van der Waals surface area contributed by atoms with Gasteiger partial charge in [-0.25, -0.2) is 9.59 Å². The first-order chi connectivity index (χ1) is 14.8. The summed E-state index contributed by atoms with van der Waals surface area (Å²) in [4.78, 5) is 52.6. The number of fused-ring (bicyclic) bond motifs is 1. The first kappa shape index (κ1) is 24.3. The van der Waals surface area contributed by atoms with Gasteiger partial charge in [-0.3, -0.25) is 14.5 Å². The van der Waals surface area contributed by atoms with Crippen LogP contribution in [0.25, 0.3) is 0 Å². The summed E-state index contributed by atoms with van der Waals surface area (Å²) in [6.07, 6.45) is 3.03. The molecule has 0 aromatic heterocycles. The van der Waals surface area contributed by atoms with Crippen molar-refractivity contribution in [1.82, 2.24) is 15.5 Å². The number of rotatable bonds is 5. The molecule has 3 unspecified atom stereocenters. The lowest BCUT2D eigenvalue weighted by Crippen LogP contribution is -2.54. The second-order valence-corrected chi connectivity index (χ2v) is 11.0. The number of carbonyl (C=O) groups is 4. The van der Waals surface area contributed by atoms with Crippen LogP contribution < -0.4 is 10.6 Å². The Morgan fingerprint density at radius 2 is 1.94 bits per heavy atom. The maximum absolute atomic E-state index is 13.4. The highest BCUT2D eigenvalue weighted by Gasteiger charge is 2.51. The zero-order chi connectivity index (χ0) is 23.8. The molecule has 0 bridgehead atoms. The average molecular weight is 452 g/mol. The van der Waals surface area contributed by atoms with Crippen LogP contribution in [0.4, 0.5) is 4.79 Å². The summed E-state index contributed by atoms with van der Waals surface area (Å²) in [5, 5.41) is 5.72. The van der Waals surface area contributed by atoms with Gasteiger partial charge in [0.05, 0.1) is 7.11 Å². The fourth-order valence-electron chi connectivity index (χ4n) is 5.43. The van der Waals surface area contributed by atoms with Gasteiger partial charge in [0.1, 0.15) is 17.7 Å². The number of esters is 1. The van der Waals surface area contributed by atoms with E-state index in [9.17, 15) is 19.2 Å². The number of methoxy groups -OCH3 is 1. The molecule has 2 heterocycles. The van der Waals surface area contributed by atoms with Crippen LogP contribution in [-0.4, -0.2) is 65.7 Å². The zero-order valence-electron chi connectivity index (χ0n) is 20.0. The summed E-state index contributed by atoms with van der Waals surface area (Å²) < 4.78 is 10.5. The molecule has 0 spiro atoms. The van der Waals surface area contributed by atoms with Crippen molar-refractivity contribution in [3.63, 3.8) is 0 Å². The summed E-state index contributed by atoms with van der Waals surface area (Å²) in [5.74, 6) is -1.24. The van der Waals surface area contributed by atoms with Crippen LogP contribution in [0.5, 0.6) is 0 Å². The van der Waals surface area contributed by atoms with Crippen molar-refractivity contribution in [2.24, 2.45) is 17.8 Å². The van der Waals surface area contributed by atoms with Crippen molar-refractivity contribution in [3.8, 4) is 0 Å². The molecule has 2 saturated heterocycles. The molecule has 5 atom stereocenters. The summed E-state index contributed by atoms with van der Waals surface area (Å²) in [7, 11) is 1.26. The van der Waals surface area contributed by atoms with Gasteiger partial charge in [0.15, 0.2) is 0 Å². The molecule has 32 heavy (non-hydrogen) atoms. The number of ether oxygens (including phenoxy) is 2. The van der Waals surface area contributed by atoms with E-state index in [1.165, 1.54) is 12.0 Å². The molecule has 0 aromatic carbocycles. The van der Waals surface area contributed by atoms with Crippen LogP contribution in [-0.2, 0) is 23.9 Å². The van der Waals surface area contributed by atoms with Gasteiger partial charge in [0, 0.05) is 18.0 Å². The number of nitrogens with zero attached hydrogens (tertiary/aromatic N) is 1. The highest BCUT2D eigenvalue weighted by atomic mass is 16.6. The van der Waals surface area contributed by atoms with Crippen LogP contribution in [0.2, 0.25) is 0 Å². The van der Waals surface area contributed by atoms with E-state index < -0.39 is 41.6 Å². The second kappa shape index (κ2) is 8.90. The Labute approximate surface area is 189 Å².